The monoisotopic (exact) mass is 1190 g/mol. The third-order valence-corrected chi connectivity index (χ3v) is 14.4. The summed E-state index contributed by atoms with van der Waals surface area (Å²) in [4.78, 5) is 13.6. The molecule has 7 heteroatoms. The molecule has 0 saturated carbocycles. The zero-order valence-electron chi connectivity index (χ0n) is 43.8. The third-order valence-electron chi connectivity index (χ3n) is 14.4. The SMILES string of the molecule is Cc1ccnc(-c2[c-]cc3c(c2)c2ccccc2n3-c2ccccc2)c1.Cc1ccnc(-c2[c-]cc3c(c2)c2ccccc2n3-c2ccccc2)c1.Cc1ccnc(-c2[c-]cc3c(c2)c2ccccc2n3-c2ccccc2)c1.[Ir+3]. The van der Waals surface area contributed by atoms with Crippen molar-refractivity contribution in [1.82, 2.24) is 28.7 Å². The number of aryl methyl sites for hydroxylation is 3. The number of hydrogen-bond acceptors (Lipinski definition) is 3. The van der Waals surface area contributed by atoms with Gasteiger partial charge in [0.1, 0.15) is 0 Å². The Morgan fingerprint density at radius 1 is 0.278 bits per heavy atom. The van der Waals surface area contributed by atoms with Crippen LogP contribution in [-0.2, 0) is 20.1 Å². The van der Waals surface area contributed by atoms with E-state index in [-0.39, 0.29) is 20.1 Å². The van der Waals surface area contributed by atoms with Crippen molar-refractivity contribution < 1.29 is 20.1 Å². The number of nitrogens with zero attached hydrogens (tertiary/aromatic N) is 6. The van der Waals surface area contributed by atoms with Gasteiger partial charge in [0.2, 0.25) is 0 Å². The van der Waals surface area contributed by atoms with Crippen molar-refractivity contribution in [1.29, 1.82) is 0 Å². The van der Waals surface area contributed by atoms with Crippen LogP contribution in [0.4, 0.5) is 0 Å². The fourth-order valence-electron chi connectivity index (χ4n) is 10.8. The van der Waals surface area contributed by atoms with E-state index in [4.69, 9.17) is 0 Å². The van der Waals surface area contributed by atoms with Crippen LogP contribution in [0.3, 0.4) is 0 Å². The maximum absolute atomic E-state index is 4.52. The molecule has 0 aliphatic carbocycles. The van der Waals surface area contributed by atoms with Crippen LogP contribution in [0.15, 0.2) is 255 Å². The summed E-state index contributed by atoms with van der Waals surface area (Å²) in [7, 11) is 0. The fraction of sp³-hybridized carbons (Fsp3) is 0.0417. The van der Waals surface area contributed by atoms with Crippen molar-refractivity contribution in [3.63, 3.8) is 0 Å². The van der Waals surface area contributed by atoms with Crippen molar-refractivity contribution in [2.75, 3.05) is 0 Å². The van der Waals surface area contributed by atoms with Gasteiger partial charge in [0, 0.05) is 52.2 Å². The van der Waals surface area contributed by atoms with E-state index in [9.17, 15) is 0 Å². The average Bonchev–Trinajstić information content (AvgIpc) is 4.36. The summed E-state index contributed by atoms with van der Waals surface area (Å²) in [6, 6.07) is 92.6. The molecule has 6 nitrogen and oxygen atoms in total. The number of para-hydroxylation sites is 6. The zero-order chi connectivity index (χ0) is 52.5. The summed E-state index contributed by atoms with van der Waals surface area (Å²) in [6.45, 7) is 6.26. The molecule has 15 rings (SSSR count). The molecule has 9 aromatic carbocycles. The summed E-state index contributed by atoms with van der Waals surface area (Å²) in [6.07, 6.45) is 5.57. The van der Waals surface area contributed by atoms with Gasteiger partial charge in [-0.3, -0.25) is 0 Å². The van der Waals surface area contributed by atoms with Gasteiger partial charge >= 0.3 is 20.1 Å². The van der Waals surface area contributed by atoms with Gasteiger partial charge in [-0.15, -0.1) is 71.3 Å². The Labute approximate surface area is 472 Å². The minimum atomic E-state index is 0. The van der Waals surface area contributed by atoms with E-state index in [1.807, 2.05) is 55.0 Å². The van der Waals surface area contributed by atoms with E-state index in [0.29, 0.717) is 0 Å². The predicted octanol–water partition coefficient (Wildman–Crippen LogP) is 17.9. The van der Waals surface area contributed by atoms with Gasteiger partial charge in [-0.05, 0) is 143 Å². The molecule has 0 aliphatic heterocycles. The quantitative estimate of drug-likeness (QED) is 0.156. The van der Waals surface area contributed by atoms with E-state index in [2.05, 4.69) is 268 Å². The van der Waals surface area contributed by atoms with Gasteiger partial charge in [0.25, 0.3) is 0 Å². The number of pyridine rings is 3. The maximum atomic E-state index is 4.52. The number of hydrogen-bond donors (Lipinski definition) is 0. The van der Waals surface area contributed by atoms with E-state index in [1.54, 1.807) is 0 Å². The Bertz CT molecular complexity index is 4180. The molecule has 0 saturated heterocycles. The van der Waals surface area contributed by atoms with Crippen LogP contribution < -0.4 is 0 Å². The molecule has 0 aliphatic rings. The van der Waals surface area contributed by atoms with Crippen LogP contribution in [0, 0.1) is 39.0 Å². The molecule has 0 radical (unpaired) electrons. The van der Waals surface area contributed by atoms with Gasteiger partial charge in [0.15, 0.2) is 0 Å². The molecule has 0 atom stereocenters. The smallest absolute Gasteiger partial charge is 0.351 e. The Hall–Kier alpha value is -9.52. The van der Waals surface area contributed by atoms with Crippen LogP contribution >= 0.6 is 0 Å². The summed E-state index contributed by atoms with van der Waals surface area (Å²) in [5, 5.41) is 7.40. The molecule has 79 heavy (non-hydrogen) atoms. The first-order valence-electron chi connectivity index (χ1n) is 26.2. The van der Waals surface area contributed by atoms with Gasteiger partial charge in [0.05, 0.1) is 0 Å². The first-order chi connectivity index (χ1) is 38.4. The average molecular weight is 1190 g/mol. The molecule has 0 spiro atoms. The Morgan fingerprint density at radius 2 is 0.544 bits per heavy atom. The van der Waals surface area contributed by atoms with Crippen LogP contribution in [-0.4, -0.2) is 28.7 Å². The van der Waals surface area contributed by atoms with E-state index in [0.717, 1.165) is 67.4 Å². The second-order valence-corrected chi connectivity index (χ2v) is 19.7. The molecular formula is C72H51IrN6. The first-order valence-corrected chi connectivity index (χ1v) is 26.2. The molecule has 6 aromatic heterocycles. The number of aromatic nitrogens is 6. The van der Waals surface area contributed by atoms with Crippen molar-refractivity contribution in [2.24, 2.45) is 0 Å². The molecule has 0 amide bonds. The Morgan fingerprint density at radius 3 is 0.823 bits per heavy atom. The molecule has 378 valence electrons. The summed E-state index contributed by atoms with van der Waals surface area (Å²) in [5.41, 5.74) is 20.2. The van der Waals surface area contributed by atoms with E-state index in [1.165, 1.54) is 65.6 Å². The number of rotatable bonds is 6. The zero-order valence-corrected chi connectivity index (χ0v) is 46.2. The summed E-state index contributed by atoms with van der Waals surface area (Å²) < 4.78 is 6.90. The molecule has 0 bridgehead atoms. The second kappa shape index (κ2) is 21.8. The van der Waals surface area contributed by atoms with Gasteiger partial charge < -0.3 is 28.7 Å². The minimum absolute atomic E-state index is 0. The molecule has 15 aromatic rings. The van der Waals surface area contributed by atoms with E-state index >= 15 is 0 Å². The molecule has 6 heterocycles. The maximum Gasteiger partial charge on any atom is 3.00 e. The molecular weight excluding hydrogens is 1140 g/mol. The predicted molar refractivity (Wildman–Crippen MR) is 323 cm³/mol. The minimum Gasteiger partial charge on any atom is -0.351 e. The van der Waals surface area contributed by atoms with Crippen molar-refractivity contribution in [3.8, 4) is 50.8 Å². The number of fused-ring (bicyclic) bond motifs is 9. The first kappa shape index (κ1) is 50.3. The molecule has 0 N–H and O–H groups in total. The standard InChI is InChI=1S/3C24H17N2.Ir/c3*1-17-13-14-25-22(15-17)18-11-12-24-21(16-18)20-9-5-6-10-23(20)26(24)19-7-3-2-4-8-19;/h3*2-10,12-16H,1H3;/q3*-1;+3. The Kier molecular flexibility index (Phi) is 13.9. The van der Waals surface area contributed by atoms with Crippen LogP contribution in [0.5, 0.6) is 0 Å². The van der Waals surface area contributed by atoms with Gasteiger partial charge in [-0.1, -0.05) is 160 Å². The fourth-order valence-corrected chi connectivity index (χ4v) is 10.8. The van der Waals surface area contributed by atoms with Crippen LogP contribution in [0.2, 0.25) is 0 Å². The van der Waals surface area contributed by atoms with Gasteiger partial charge in [-0.2, -0.15) is 0 Å². The third kappa shape index (κ3) is 9.72. The normalized spacial score (nSPS) is 11.1. The van der Waals surface area contributed by atoms with Crippen molar-refractivity contribution in [3.05, 3.63) is 290 Å². The van der Waals surface area contributed by atoms with Crippen molar-refractivity contribution >= 4 is 65.4 Å². The summed E-state index contributed by atoms with van der Waals surface area (Å²) in [5.74, 6) is 0. The topological polar surface area (TPSA) is 53.5 Å². The summed E-state index contributed by atoms with van der Waals surface area (Å²) >= 11 is 0. The molecule has 0 fully saturated rings. The largest absolute Gasteiger partial charge is 3.00 e. The second-order valence-electron chi connectivity index (χ2n) is 19.7. The van der Waals surface area contributed by atoms with Gasteiger partial charge in [-0.25, -0.2) is 0 Å². The Balaban J connectivity index is 0.000000118. The molecule has 0 unspecified atom stereocenters. The van der Waals surface area contributed by atoms with E-state index < -0.39 is 0 Å². The van der Waals surface area contributed by atoms with Crippen molar-refractivity contribution in [2.45, 2.75) is 20.8 Å². The van der Waals surface area contributed by atoms with Crippen LogP contribution in [0.1, 0.15) is 16.7 Å². The van der Waals surface area contributed by atoms with Crippen LogP contribution in [0.25, 0.3) is 116 Å². The number of benzene rings is 9.